The number of fused-ring (bicyclic) bond motifs is 2. The normalized spacial score (nSPS) is 21.1. The second-order valence-electron chi connectivity index (χ2n) is 8.20. The quantitative estimate of drug-likeness (QED) is 0.501. The van der Waals surface area contributed by atoms with Crippen LogP contribution in [0, 0.1) is 0 Å². The van der Waals surface area contributed by atoms with Crippen LogP contribution in [0.2, 0.25) is 0 Å². The number of piperazine rings is 1. The van der Waals surface area contributed by atoms with Crippen LogP contribution >= 0.6 is 0 Å². The molecule has 0 saturated carbocycles. The van der Waals surface area contributed by atoms with Crippen LogP contribution in [-0.4, -0.2) is 60.5 Å². The predicted octanol–water partition coefficient (Wildman–Crippen LogP) is 3.75. The summed E-state index contributed by atoms with van der Waals surface area (Å²) >= 11 is 0. The van der Waals surface area contributed by atoms with Crippen molar-refractivity contribution in [1.82, 2.24) is 9.80 Å². The van der Waals surface area contributed by atoms with Crippen LogP contribution < -0.4 is 0 Å². The van der Waals surface area contributed by atoms with Crippen molar-refractivity contribution in [3.63, 3.8) is 0 Å². The minimum atomic E-state index is 0.414. The Morgan fingerprint density at radius 3 is 2.43 bits per heavy atom. The maximum atomic E-state index is 9.75. The second kappa shape index (κ2) is 8.46. The first-order valence-corrected chi connectivity index (χ1v) is 10.5. The van der Waals surface area contributed by atoms with E-state index in [9.17, 15) is 5.21 Å². The highest BCUT2D eigenvalue weighted by atomic mass is 16.4. The molecule has 0 amide bonds. The van der Waals surface area contributed by atoms with Crippen molar-refractivity contribution in [2.45, 2.75) is 32.1 Å². The largest absolute Gasteiger partial charge is 0.411 e. The van der Waals surface area contributed by atoms with Crippen LogP contribution in [0.5, 0.6) is 0 Å². The Morgan fingerprint density at radius 1 is 1.00 bits per heavy atom. The molecule has 0 bridgehead atoms. The third-order valence-electron chi connectivity index (χ3n) is 6.45. The summed E-state index contributed by atoms with van der Waals surface area (Å²) in [5, 5.41) is 13.5. The number of likely N-dealkylation sites (N-methyl/N-ethyl adjacent to an activating group) is 1. The minimum absolute atomic E-state index is 0.414. The molecule has 2 aromatic carbocycles. The van der Waals surface area contributed by atoms with Crippen molar-refractivity contribution in [3.8, 4) is 0 Å². The van der Waals surface area contributed by atoms with Crippen molar-refractivity contribution < 1.29 is 5.21 Å². The average molecular weight is 378 g/mol. The molecule has 1 atom stereocenters. The van der Waals surface area contributed by atoms with Gasteiger partial charge in [-0.05, 0) is 54.6 Å². The van der Waals surface area contributed by atoms with Crippen molar-refractivity contribution in [2.75, 3.05) is 39.8 Å². The first-order valence-electron chi connectivity index (χ1n) is 10.5. The Morgan fingerprint density at radius 2 is 1.71 bits per heavy atom. The SMILES string of the molecule is CCC1c2ccccc2CCc2ccc(/C(CN3CCN(C)CC3)=N/O)cc21. The number of nitrogens with zero attached hydrogens (tertiary/aromatic N) is 3. The van der Waals surface area contributed by atoms with Gasteiger partial charge in [-0.25, -0.2) is 0 Å². The van der Waals surface area contributed by atoms with Gasteiger partial charge in [-0.3, -0.25) is 4.90 Å². The highest BCUT2D eigenvalue weighted by molar-refractivity contribution is 6.02. The fourth-order valence-electron chi connectivity index (χ4n) is 4.70. The molecule has 1 saturated heterocycles. The standard InChI is InChI=1S/C24H31N3O/c1-3-21-22-7-5-4-6-18(22)8-9-19-10-11-20(16-23(19)21)24(25-28)17-27-14-12-26(2)13-15-27/h4-7,10-11,16,21,28H,3,8-9,12-15,17H2,1-2H3/b25-24+. The van der Waals surface area contributed by atoms with E-state index in [-0.39, 0.29) is 0 Å². The molecule has 1 aliphatic carbocycles. The number of hydrogen-bond donors (Lipinski definition) is 1. The Bertz CT molecular complexity index is 853. The van der Waals surface area contributed by atoms with Crippen molar-refractivity contribution in [3.05, 3.63) is 70.3 Å². The van der Waals surface area contributed by atoms with Crippen LogP contribution in [0.15, 0.2) is 47.6 Å². The zero-order valence-corrected chi connectivity index (χ0v) is 17.1. The van der Waals surface area contributed by atoms with E-state index in [2.05, 4.69) is 71.4 Å². The van der Waals surface area contributed by atoms with Gasteiger partial charge in [0.2, 0.25) is 0 Å². The molecule has 4 nitrogen and oxygen atoms in total. The summed E-state index contributed by atoms with van der Waals surface area (Å²) in [6, 6.07) is 15.6. The molecule has 0 spiro atoms. The zero-order chi connectivity index (χ0) is 19.5. The van der Waals surface area contributed by atoms with Crippen molar-refractivity contribution in [1.29, 1.82) is 0 Å². The Labute approximate surface area is 168 Å². The minimum Gasteiger partial charge on any atom is -0.411 e. The summed E-state index contributed by atoms with van der Waals surface area (Å²) in [6.45, 7) is 7.15. The monoisotopic (exact) mass is 377 g/mol. The van der Waals surface area contributed by atoms with Gasteiger partial charge in [0.25, 0.3) is 0 Å². The third kappa shape index (κ3) is 3.85. The van der Waals surface area contributed by atoms with E-state index >= 15 is 0 Å². The van der Waals surface area contributed by atoms with E-state index in [4.69, 9.17) is 0 Å². The lowest BCUT2D eigenvalue weighted by atomic mass is 9.85. The molecule has 1 unspecified atom stereocenters. The highest BCUT2D eigenvalue weighted by Gasteiger charge is 2.24. The van der Waals surface area contributed by atoms with Gasteiger partial charge in [0.05, 0.1) is 0 Å². The lowest BCUT2D eigenvalue weighted by Crippen LogP contribution is -2.46. The van der Waals surface area contributed by atoms with Gasteiger partial charge in [0.15, 0.2) is 0 Å². The molecule has 4 rings (SSSR count). The van der Waals surface area contributed by atoms with Crippen LogP contribution in [0.25, 0.3) is 0 Å². The van der Waals surface area contributed by atoms with Gasteiger partial charge in [-0.15, -0.1) is 0 Å². The molecule has 28 heavy (non-hydrogen) atoms. The van der Waals surface area contributed by atoms with Crippen LogP contribution in [0.3, 0.4) is 0 Å². The van der Waals surface area contributed by atoms with E-state index in [1.165, 1.54) is 22.3 Å². The number of aryl methyl sites for hydroxylation is 2. The molecule has 0 aromatic heterocycles. The molecule has 1 N–H and O–H groups in total. The molecule has 2 aromatic rings. The molecule has 0 radical (unpaired) electrons. The molecule has 1 aliphatic heterocycles. The van der Waals surface area contributed by atoms with E-state index in [0.29, 0.717) is 12.5 Å². The average Bonchev–Trinajstić information content (AvgIpc) is 2.89. The summed E-state index contributed by atoms with van der Waals surface area (Å²) in [4.78, 5) is 4.73. The fraction of sp³-hybridized carbons (Fsp3) is 0.458. The number of oxime groups is 1. The van der Waals surface area contributed by atoms with E-state index < -0.39 is 0 Å². The predicted molar refractivity (Wildman–Crippen MR) is 115 cm³/mol. The lowest BCUT2D eigenvalue weighted by molar-refractivity contribution is 0.169. The Kier molecular flexibility index (Phi) is 5.79. The summed E-state index contributed by atoms with van der Waals surface area (Å²) in [7, 11) is 2.16. The van der Waals surface area contributed by atoms with Gasteiger partial charge < -0.3 is 10.1 Å². The molecule has 1 fully saturated rings. The van der Waals surface area contributed by atoms with Crippen LogP contribution in [0.4, 0.5) is 0 Å². The van der Waals surface area contributed by atoms with Crippen LogP contribution in [-0.2, 0) is 12.8 Å². The lowest BCUT2D eigenvalue weighted by Gasteiger charge is -2.32. The van der Waals surface area contributed by atoms with Gasteiger partial charge in [0, 0.05) is 44.2 Å². The van der Waals surface area contributed by atoms with Gasteiger partial charge in [-0.2, -0.15) is 0 Å². The summed E-state index contributed by atoms with van der Waals surface area (Å²) in [6.07, 6.45) is 3.26. The molecule has 1 heterocycles. The maximum absolute atomic E-state index is 9.75. The van der Waals surface area contributed by atoms with Crippen molar-refractivity contribution >= 4 is 5.71 Å². The summed E-state index contributed by atoms with van der Waals surface area (Å²) in [5.74, 6) is 0.414. The van der Waals surface area contributed by atoms with Crippen molar-refractivity contribution in [2.24, 2.45) is 5.16 Å². The van der Waals surface area contributed by atoms with Crippen LogP contribution in [0.1, 0.15) is 47.1 Å². The molecule has 2 aliphatic rings. The number of rotatable bonds is 4. The first-order chi connectivity index (χ1) is 13.7. The smallest absolute Gasteiger partial charge is 0.101 e. The summed E-state index contributed by atoms with van der Waals surface area (Å²) in [5.41, 5.74) is 7.61. The van der Waals surface area contributed by atoms with Gasteiger partial charge in [0.1, 0.15) is 5.71 Å². The zero-order valence-electron chi connectivity index (χ0n) is 17.1. The summed E-state index contributed by atoms with van der Waals surface area (Å²) < 4.78 is 0. The maximum Gasteiger partial charge on any atom is 0.101 e. The third-order valence-corrected chi connectivity index (χ3v) is 6.45. The topological polar surface area (TPSA) is 39.1 Å². The molecule has 148 valence electrons. The Hall–Kier alpha value is -2.17. The Balaban J connectivity index is 1.63. The highest BCUT2D eigenvalue weighted by Crippen LogP contribution is 2.36. The van der Waals surface area contributed by atoms with E-state index in [1.54, 1.807) is 0 Å². The molecular formula is C24H31N3O. The number of benzene rings is 2. The van der Waals surface area contributed by atoms with Gasteiger partial charge >= 0.3 is 0 Å². The first kappa shape index (κ1) is 19.2. The van der Waals surface area contributed by atoms with Gasteiger partial charge in [-0.1, -0.05) is 48.5 Å². The van der Waals surface area contributed by atoms with E-state index in [0.717, 1.165) is 56.7 Å². The molecule has 4 heteroatoms. The fourth-order valence-corrected chi connectivity index (χ4v) is 4.70. The van der Waals surface area contributed by atoms with E-state index in [1.807, 2.05) is 0 Å². The molecular weight excluding hydrogens is 346 g/mol. The second-order valence-corrected chi connectivity index (χ2v) is 8.20. The number of hydrogen-bond acceptors (Lipinski definition) is 4.